The highest BCUT2D eigenvalue weighted by Crippen LogP contribution is 2.18. The zero-order valence-electron chi connectivity index (χ0n) is 7.51. The van der Waals surface area contributed by atoms with Crippen LogP contribution < -0.4 is 0 Å². The molecule has 4 heteroatoms. The fraction of sp³-hybridized carbons (Fsp3) is 0. The van der Waals surface area contributed by atoms with Gasteiger partial charge in [0.25, 0.3) is 0 Å². The van der Waals surface area contributed by atoms with Crippen LogP contribution in [0.25, 0.3) is 6.08 Å². The van der Waals surface area contributed by atoms with Crippen molar-refractivity contribution in [2.24, 2.45) is 0 Å². The zero-order valence-corrected chi connectivity index (χ0v) is 8.33. The Balaban J connectivity index is 3.31. The summed E-state index contributed by atoms with van der Waals surface area (Å²) in [5.41, 5.74) is 0.509. The Labute approximate surface area is 83.5 Å². The molecule has 0 N–H and O–H groups in total. The Morgan fingerprint density at radius 3 is 2.43 bits per heavy atom. The number of rotatable bonds is 4. The van der Waals surface area contributed by atoms with E-state index in [1.54, 1.807) is 18.2 Å². The van der Waals surface area contributed by atoms with Crippen molar-refractivity contribution in [3.8, 4) is 0 Å². The monoisotopic (exact) mass is 210 g/mol. The van der Waals surface area contributed by atoms with Crippen LogP contribution in [0.4, 0.5) is 0 Å². The van der Waals surface area contributed by atoms with Crippen molar-refractivity contribution < 1.29 is 12.6 Å². The molecule has 0 aliphatic heterocycles. The van der Waals surface area contributed by atoms with Gasteiger partial charge in [0, 0.05) is 0 Å². The van der Waals surface area contributed by atoms with Crippen LogP contribution in [0.2, 0.25) is 0 Å². The van der Waals surface area contributed by atoms with Gasteiger partial charge in [-0.1, -0.05) is 37.4 Å². The summed E-state index contributed by atoms with van der Waals surface area (Å²) in [5, 5.41) is 0. The van der Waals surface area contributed by atoms with E-state index in [2.05, 4.69) is 17.3 Å². The van der Waals surface area contributed by atoms with Crippen LogP contribution in [-0.4, -0.2) is 8.42 Å². The first kappa shape index (κ1) is 10.5. The molecule has 0 unspecified atom stereocenters. The molecule has 0 amide bonds. The van der Waals surface area contributed by atoms with Gasteiger partial charge in [-0.15, -0.1) is 0 Å². The van der Waals surface area contributed by atoms with E-state index in [1.165, 1.54) is 12.1 Å². The zero-order chi connectivity index (χ0) is 10.6. The highest BCUT2D eigenvalue weighted by molar-refractivity contribution is 7.87. The van der Waals surface area contributed by atoms with Gasteiger partial charge >= 0.3 is 10.1 Å². The van der Waals surface area contributed by atoms with Gasteiger partial charge in [-0.3, -0.25) is 0 Å². The summed E-state index contributed by atoms with van der Waals surface area (Å²) in [6.45, 7) is 6.72. The lowest BCUT2D eigenvalue weighted by atomic mass is 10.2. The summed E-state index contributed by atoms with van der Waals surface area (Å²) in [6, 6.07) is 6.44. The van der Waals surface area contributed by atoms with Crippen molar-refractivity contribution in [3.05, 3.63) is 49.2 Å². The molecule has 0 heterocycles. The van der Waals surface area contributed by atoms with E-state index in [-0.39, 0.29) is 4.90 Å². The van der Waals surface area contributed by atoms with Gasteiger partial charge in [0.2, 0.25) is 0 Å². The van der Waals surface area contributed by atoms with Crippen molar-refractivity contribution in [2.45, 2.75) is 4.90 Å². The van der Waals surface area contributed by atoms with Crippen molar-refractivity contribution in [1.29, 1.82) is 0 Å². The van der Waals surface area contributed by atoms with Crippen molar-refractivity contribution in [1.82, 2.24) is 0 Å². The molecule has 3 nitrogen and oxygen atoms in total. The quantitative estimate of drug-likeness (QED) is 0.565. The van der Waals surface area contributed by atoms with Gasteiger partial charge in [0.15, 0.2) is 0 Å². The summed E-state index contributed by atoms with van der Waals surface area (Å²) in [4.78, 5) is 0.0925. The third kappa shape index (κ3) is 2.03. The van der Waals surface area contributed by atoms with E-state index in [0.29, 0.717) is 5.56 Å². The Kier molecular flexibility index (Phi) is 3.09. The Morgan fingerprint density at radius 2 is 1.86 bits per heavy atom. The van der Waals surface area contributed by atoms with Crippen molar-refractivity contribution >= 4 is 16.2 Å². The van der Waals surface area contributed by atoms with Crippen LogP contribution in [0.5, 0.6) is 0 Å². The van der Waals surface area contributed by atoms with Crippen molar-refractivity contribution in [2.75, 3.05) is 0 Å². The molecule has 0 fully saturated rings. The molecule has 1 rings (SSSR count). The van der Waals surface area contributed by atoms with E-state index in [4.69, 9.17) is 0 Å². The first-order valence-electron chi connectivity index (χ1n) is 3.87. The third-order valence-corrected chi connectivity index (χ3v) is 2.90. The van der Waals surface area contributed by atoms with Gasteiger partial charge in [0.05, 0.1) is 6.26 Å². The molecule has 14 heavy (non-hydrogen) atoms. The van der Waals surface area contributed by atoms with Crippen LogP contribution >= 0.6 is 0 Å². The standard InChI is InChI=1S/C10H10O3S/c1-3-9-7-5-6-8-10(9)14(11,12)13-4-2/h3-8H,1-2H2. The second-order valence-corrected chi connectivity index (χ2v) is 4.00. The maximum Gasteiger partial charge on any atom is 0.339 e. The van der Waals surface area contributed by atoms with Crippen LogP contribution in [0.3, 0.4) is 0 Å². The van der Waals surface area contributed by atoms with Gasteiger partial charge in [0.1, 0.15) is 4.90 Å². The molecule has 0 aliphatic carbocycles. The molecule has 0 spiro atoms. The fourth-order valence-corrected chi connectivity index (χ4v) is 1.99. The number of benzene rings is 1. The van der Waals surface area contributed by atoms with E-state index in [9.17, 15) is 8.42 Å². The SMILES string of the molecule is C=COS(=O)(=O)c1ccccc1C=C. The number of hydrogen-bond acceptors (Lipinski definition) is 3. The summed E-state index contributed by atoms with van der Waals surface area (Å²) in [5.74, 6) is 0. The highest BCUT2D eigenvalue weighted by Gasteiger charge is 2.16. The summed E-state index contributed by atoms with van der Waals surface area (Å²) >= 11 is 0. The molecule has 0 saturated carbocycles. The molecule has 1 aromatic carbocycles. The minimum atomic E-state index is -3.74. The van der Waals surface area contributed by atoms with Crippen LogP contribution in [0.15, 0.2) is 48.6 Å². The molecule has 0 atom stereocenters. The maximum absolute atomic E-state index is 11.5. The Hall–Kier alpha value is -1.55. The van der Waals surface area contributed by atoms with Gasteiger partial charge in [-0.05, 0) is 11.6 Å². The molecule has 74 valence electrons. The van der Waals surface area contributed by atoms with Crippen LogP contribution in [0, 0.1) is 0 Å². The summed E-state index contributed by atoms with van der Waals surface area (Å²) in [7, 11) is -3.74. The predicted molar refractivity (Wildman–Crippen MR) is 55.0 cm³/mol. The lowest BCUT2D eigenvalue weighted by Crippen LogP contribution is -2.03. The largest absolute Gasteiger partial charge is 0.388 e. The van der Waals surface area contributed by atoms with Gasteiger partial charge < -0.3 is 4.18 Å². The fourth-order valence-electron chi connectivity index (χ4n) is 1.02. The van der Waals surface area contributed by atoms with E-state index in [1.807, 2.05) is 0 Å². The summed E-state index contributed by atoms with van der Waals surface area (Å²) in [6.07, 6.45) is 2.34. The topological polar surface area (TPSA) is 43.4 Å². The van der Waals surface area contributed by atoms with Gasteiger partial charge in [-0.2, -0.15) is 8.42 Å². The smallest absolute Gasteiger partial charge is 0.339 e. The Bertz CT molecular complexity index is 446. The molecule has 0 aliphatic rings. The minimum absolute atomic E-state index is 0.0925. The molecule has 1 aromatic rings. The second kappa shape index (κ2) is 4.11. The molecule has 0 radical (unpaired) electrons. The van der Waals surface area contributed by atoms with Crippen LogP contribution in [-0.2, 0) is 14.3 Å². The molecular formula is C10H10O3S. The molecule has 0 saturated heterocycles. The Morgan fingerprint density at radius 1 is 1.21 bits per heavy atom. The van der Waals surface area contributed by atoms with E-state index >= 15 is 0 Å². The van der Waals surface area contributed by atoms with Crippen molar-refractivity contribution in [3.63, 3.8) is 0 Å². The lowest BCUT2D eigenvalue weighted by Gasteiger charge is -2.05. The molecule has 0 bridgehead atoms. The summed E-state index contributed by atoms with van der Waals surface area (Å²) < 4.78 is 27.4. The van der Waals surface area contributed by atoms with Gasteiger partial charge in [-0.25, -0.2) is 0 Å². The molecular weight excluding hydrogens is 200 g/mol. The third-order valence-electron chi connectivity index (χ3n) is 1.60. The van der Waals surface area contributed by atoms with Crippen LogP contribution in [0.1, 0.15) is 5.56 Å². The van der Waals surface area contributed by atoms with E-state index in [0.717, 1.165) is 6.26 Å². The minimum Gasteiger partial charge on any atom is -0.388 e. The predicted octanol–water partition coefficient (Wildman–Crippen LogP) is 2.18. The van der Waals surface area contributed by atoms with E-state index < -0.39 is 10.1 Å². The first-order chi connectivity index (χ1) is 6.61. The maximum atomic E-state index is 11.5. The highest BCUT2D eigenvalue weighted by atomic mass is 32.2. The normalized spacial score (nSPS) is 10.6. The lowest BCUT2D eigenvalue weighted by molar-refractivity contribution is 0.444. The second-order valence-electron chi connectivity index (χ2n) is 2.46. The molecule has 0 aromatic heterocycles. The number of hydrogen-bond donors (Lipinski definition) is 0. The first-order valence-corrected chi connectivity index (χ1v) is 5.28. The average Bonchev–Trinajstić information content (AvgIpc) is 2.18. The average molecular weight is 210 g/mol.